The zero-order chi connectivity index (χ0) is 19.2. The Balaban J connectivity index is 2.28. The van der Waals surface area contributed by atoms with Crippen LogP contribution in [0.25, 0.3) is 11.0 Å². The van der Waals surface area contributed by atoms with Crippen molar-refractivity contribution in [1.82, 2.24) is 9.55 Å². The van der Waals surface area contributed by atoms with Crippen LogP contribution in [0.5, 0.6) is 0 Å². The molecule has 2 aromatic carbocycles. The number of para-hydroxylation sites is 2. The number of hydrogen-bond acceptors (Lipinski definition) is 4. The van der Waals surface area contributed by atoms with Gasteiger partial charge < -0.3 is 4.57 Å². The van der Waals surface area contributed by atoms with Gasteiger partial charge in [0.1, 0.15) is 0 Å². The molecule has 0 fully saturated rings. The number of sulfone groups is 1. The van der Waals surface area contributed by atoms with Crippen LogP contribution < -0.4 is 0 Å². The van der Waals surface area contributed by atoms with E-state index >= 15 is 0 Å². The van der Waals surface area contributed by atoms with Gasteiger partial charge in [-0.25, -0.2) is 13.4 Å². The largest absolute Gasteiger partial charge is 0.310 e. The molecule has 5 nitrogen and oxygen atoms in total. The van der Waals surface area contributed by atoms with Crippen molar-refractivity contribution in [2.45, 2.75) is 39.4 Å². The van der Waals surface area contributed by atoms with Crippen molar-refractivity contribution in [2.75, 3.05) is 6.26 Å². The Morgan fingerprint density at radius 1 is 1.12 bits per heavy atom. The summed E-state index contributed by atoms with van der Waals surface area (Å²) in [5.41, 5.74) is 5.92. The van der Waals surface area contributed by atoms with Gasteiger partial charge in [0.05, 0.1) is 17.6 Å². The van der Waals surface area contributed by atoms with E-state index in [1.807, 2.05) is 45.0 Å². The van der Waals surface area contributed by atoms with Crippen molar-refractivity contribution in [3.8, 4) is 0 Å². The molecule has 3 aromatic rings. The minimum Gasteiger partial charge on any atom is -0.310 e. The second kappa shape index (κ2) is 6.36. The maximum Gasteiger partial charge on any atom is 0.228 e. The van der Waals surface area contributed by atoms with Crippen molar-refractivity contribution < 1.29 is 13.2 Å². The lowest BCUT2D eigenvalue weighted by atomic mass is 9.91. The number of rotatable bonds is 4. The van der Waals surface area contributed by atoms with E-state index in [1.165, 1.54) is 6.26 Å². The van der Waals surface area contributed by atoms with Gasteiger partial charge in [0, 0.05) is 11.8 Å². The third-order valence-electron chi connectivity index (χ3n) is 4.75. The van der Waals surface area contributed by atoms with Crippen LogP contribution in [-0.2, 0) is 16.4 Å². The molecule has 0 atom stereocenters. The smallest absolute Gasteiger partial charge is 0.228 e. The fraction of sp³-hybridized carbons (Fsp3) is 0.300. The van der Waals surface area contributed by atoms with Crippen LogP contribution in [0.1, 0.15) is 39.5 Å². The molecule has 136 valence electrons. The molecule has 0 saturated heterocycles. The number of imidazole rings is 1. The van der Waals surface area contributed by atoms with E-state index < -0.39 is 9.84 Å². The van der Waals surface area contributed by atoms with Crippen LogP contribution in [0.4, 0.5) is 0 Å². The van der Waals surface area contributed by atoms with Crippen LogP contribution >= 0.6 is 0 Å². The monoisotopic (exact) mass is 370 g/mol. The van der Waals surface area contributed by atoms with E-state index in [4.69, 9.17) is 0 Å². The van der Waals surface area contributed by atoms with Gasteiger partial charge in [-0.15, -0.1) is 0 Å². The first kappa shape index (κ1) is 18.3. The Morgan fingerprint density at radius 3 is 2.38 bits per heavy atom. The summed E-state index contributed by atoms with van der Waals surface area (Å²) in [6.07, 6.45) is 1.17. The molecule has 3 rings (SSSR count). The Hall–Kier alpha value is -2.47. The van der Waals surface area contributed by atoms with E-state index in [9.17, 15) is 13.2 Å². The van der Waals surface area contributed by atoms with Crippen molar-refractivity contribution in [2.24, 2.45) is 0 Å². The Bertz CT molecular complexity index is 1140. The first-order chi connectivity index (χ1) is 12.1. The summed E-state index contributed by atoms with van der Waals surface area (Å²) in [6.45, 7) is 7.74. The highest BCUT2D eigenvalue weighted by Gasteiger charge is 2.22. The predicted molar refractivity (Wildman–Crippen MR) is 103 cm³/mol. The van der Waals surface area contributed by atoms with Crippen LogP contribution in [0.15, 0.2) is 35.5 Å². The summed E-state index contributed by atoms with van der Waals surface area (Å²) < 4.78 is 26.3. The summed E-state index contributed by atoms with van der Waals surface area (Å²) in [5.74, 6) is 0.0140. The van der Waals surface area contributed by atoms with E-state index in [1.54, 1.807) is 17.6 Å². The summed E-state index contributed by atoms with van der Waals surface area (Å²) in [7, 11) is -3.49. The lowest BCUT2D eigenvalue weighted by molar-refractivity contribution is 0.101. The molecule has 0 aliphatic rings. The van der Waals surface area contributed by atoms with Gasteiger partial charge in [-0.3, -0.25) is 4.79 Å². The normalized spacial score (nSPS) is 11.9. The molecule has 0 radical (unpaired) electrons. The van der Waals surface area contributed by atoms with E-state index in [2.05, 4.69) is 4.98 Å². The summed E-state index contributed by atoms with van der Waals surface area (Å²) in [6, 6.07) is 9.35. The fourth-order valence-electron chi connectivity index (χ4n) is 3.66. The number of aryl methyl sites for hydroxylation is 2. The van der Waals surface area contributed by atoms with Crippen molar-refractivity contribution >= 4 is 26.7 Å². The second-order valence-electron chi connectivity index (χ2n) is 6.79. The Kier molecular flexibility index (Phi) is 4.48. The highest BCUT2D eigenvalue weighted by atomic mass is 32.2. The number of nitrogens with zero attached hydrogens (tertiary/aromatic N) is 2. The molecule has 0 spiro atoms. The Morgan fingerprint density at radius 2 is 1.77 bits per heavy atom. The quantitative estimate of drug-likeness (QED) is 0.658. The topological polar surface area (TPSA) is 69.0 Å². The number of benzene rings is 2. The molecule has 1 aromatic heterocycles. The van der Waals surface area contributed by atoms with Crippen molar-refractivity contribution in [1.29, 1.82) is 0 Å². The van der Waals surface area contributed by atoms with Crippen LogP contribution in [0.2, 0.25) is 0 Å². The highest BCUT2D eigenvalue weighted by molar-refractivity contribution is 7.90. The molecule has 1 heterocycles. The molecule has 0 unspecified atom stereocenters. The molecular formula is C20H22N2O3S. The van der Waals surface area contributed by atoms with Gasteiger partial charge in [-0.05, 0) is 62.1 Å². The zero-order valence-electron chi connectivity index (χ0n) is 15.6. The second-order valence-corrected chi connectivity index (χ2v) is 8.70. The molecule has 6 heteroatoms. The van der Waals surface area contributed by atoms with Gasteiger partial charge in [0.2, 0.25) is 15.0 Å². The lowest BCUT2D eigenvalue weighted by Crippen LogP contribution is -2.13. The predicted octanol–water partition coefficient (Wildman–Crippen LogP) is 3.62. The zero-order valence-corrected chi connectivity index (χ0v) is 16.4. The summed E-state index contributed by atoms with van der Waals surface area (Å²) in [5, 5.41) is 0.0439. The molecule has 0 bridgehead atoms. The van der Waals surface area contributed by atoms with Crippen molar-refractivity contribution in [3.63, 3.8) is 0 Å². The molecule has 0 aliphatic heterocycles. The number of hydrogen-bond donors (Lipinski definition) is 0. The molecule has 26 heavy (non-hydrogen) atoms. The highest BCUT2D eigenvalue weighted by Crippen LogP contribution is 2.27. The first-order valence-electron chi connectivity index (χ1n) is 8.37. The SMILES string of the molecule is CC(=O)c1c(C)cc(C)c(Cn2c(S(C)(=O)=O)nc3ccccc32)c1C. The molecule has 0 amide bonds. The number of carbonyl (C=O) groups is 1. The standard InChI is InChI=1S/C20H22N2O3S/c1-12-10-13(2)19(15(4)23)14(3)16(12)11-22-18-9-7-6-8-17(18)21-20(22)26(5,24)25/h6-10H,11H2,1-5H3. The fourth-order valence-corrected chi connectivity index (χ4v) is 4.49. The van der Waals surface area contributed by atoms with E-state index in [0.717, 1.165) is 27.8 Å². The van der Waals surface area contributed by atoms with Gasteiger partial charge in [-0.2, -0.15) is 0 Å². The third-order valence-corrected chi connectivity index (χ3v) is 5.73. The van der Waals surface area contributed by atoms with Crippen molar-refractivity contribution in [3.05, 3.63) is 58.1 Å². The number of ketones is 1. The maximum absolute atomic E-state index is 12.3. The number of fused-ring (bicyclic) bond motifs is 1. The Labute approximate surface area is 153 Å². The van der Waals surface area contributed by atoms with Crippen LogP contribution in [0.3, 0.4) is 0 Å². The third kappa shape index (κ3) is 3.05. The molecular weight excluding hydrogens is 348 g/mol. The summed E-state index contributed by atoms with van der Waals surface area (Å²) in [4.78, 5) is 16.4. The minimum absolute atomic E-state index is 0.0140. The summed E-state index contributed by atoms with van der Waals surface area (Å²) >= 11 is 0. The molecule has 0 saturated carbocycles. The van der Waals surface area contributed by atoms with Gasteiger partial charge in [-0.1, -0.05) is 18.2 Å². The first-order valence-corrected chi connectivity index (χ1v) is 10.3. The number of carbonyl (C=O) groups excluding carboxylic acids is 1. The number of Topliss-reactive ketones (excluding diaryl/α,β-unsaturated/α-hetero) is 1. The number of aromatic nitrogens is 2. The maximum atomic E-state index is 12.3. The lowest BCUT2D eigenvalue weighted by Gasteiger charge is -2.17. The van der Waals surface area contributed by atoms with Gasteiger partial charge >= 0.3 is 0 Å². The van der Waals surface area contributed by atoms with E-state index in [0.29, 0.717) is 17.6 Å². The van der Waals surface area contributed by atoms with Crippen LogP contribution in [0, 0.1) is 20.8 Å². The molecule has 0 aliphatic carbocycles. The van der Waals surface area contributed by atoms with Gasteiger partial charge in [0.15, 0.2) is 5.78 Å². The van der Waals surface area contributed by atoms with Gasteiger partial charge in [0.25, 0.3) is 0 Å². The van der Waals surface area contributed by atoms with Crippen LogP contribution in [-0.4, -0.2) is 30.0 Å². The van der Waals surface area contributed by atoms with E-state index in [-0.39, 0.29) is 10.9 Å². The average molecular weight is 370 g/mol. The minimum atomic E-state index is -3.49. The molecule has 0 N–H and O–H groups in total. The average Bonchev–Trinajstić information content (AvgIpc) is 2.89.